The van der Waals surface area contributed by atoms with Gasteiger partial charge in [-0.25, -0.2) is 0 Å². The molecule has 1 aromatic rings. The zero-order valence-corrected chi connectivity index (χ0v) is 33.1. The van der Waals surface area contributed by atoms with Crippen LogP contribution in [-0.4, -0.2) is 64.8 Å². The van der Waals surface area contributed by atoms with Gasteiger partial charge in [0.25, 0.3) is 0 Å². The minimum Gasteiger partial charge on any atom is -0.417 e. The fraction of sp³-hybridized carbons (Fsp3) is 0.674. The average molecular weight is 693 g/mol. The Morgan fingerprint density at radius 3 is 2.41 bits per heavy atom. The van der Waals surface area contributed by atoms with Crippen molar-refractivity contribution in [1.82, 2.24) is 0 Å². The minimum atomic E-state index is -1.79. The van der Waals surface area contributed by atoms with E-state index in [0.717, 1.165) is 51.6 Å². The van der Waals surface area contributed by atoms with Crippen LogP contribution in [-0.2, 0) is 29.8 Å². The first-order chi connectivity index (χ1) is 23.2. The highest BCUT2D eigenvalue weighted by atomic mass is 28.4. The highest BCUT2D eigenvalue weighted by molar-refractivity contribution is 6.74. The molecule has 5 nitrogen and oxygen atoms in total. The van der Waals surface area contributed by atoms with Crippen molar-refractivity contribution in [3.63, 3.8) is 0 Å². The molecule has 0 aliphatic carbocycles. The standard InChI is InChI=1S/C43H68O5Si/c1-12-22-44-23-16-19-36-26-32(4)39(46-36)21-20-37-25-31(3)33(5)41(47-37)28-42-38(27-35-17-14-13-15-18-35)34(6)40(48-42)24-30(2)29-45-49(10,11)43(7,8)9/h12-19,30-31,34,36-42H,1,4-5,20-29H2,2-3,6-11H3/b19-16+/t30-,31+,34+,36-,37-,38?,39?,40+,41?,42-/m0/s1. The number of rotatable bonds is 17. The van der Waals surface area contributed by atoms with E-state index in [9.17, 15) is 0 Å². The first-order valence-electron chi connectivity index (χ1n) is 19.0. The zero-order valence-electron chi connectivity index (χ0n) is 32.1. The summed E-state index contributed by atoms with van der Waals surface area (Å²) < 4.78 is 32.4. The second-order valence-electron chi connectivity index (χ2n) is 16.9. The van der Waals surface area contributed by atoms with Crippen LogP contribution < -0.4 is 0 Å². The molecule has 3 fully saturated rings. The third-order valence-corrected chi connectivity index (χ3v) is 16.3. The van der Waals surface area contributed by atoms with Crippen LogP contribution in [0.4, 0.5) is 0 Å². The molecule has 0 N–H and O–H groups in total. The van der Waals surface area contributed by atoms with Gasteiger partial charge in [-0.3, -0.25) is 0 Å². The topological polar surface area (TPSA) is 46.2 Å². The van der Waals surface area contributed by atoms with Crippen molar-refractivity contribution in [3.8, 4) is 0 Å². The van der Waals surface area contributed by atoms with Crippen LogP contribution in [0, 0.1) is 23.7 Å². The predicted octanol–water partition coefficient (Wildman–Crippen LogP) is 10.3. The largest absolute Gasteiger partial charge is 0.417 e. The van der Waals surface area contributed by atoms with E-state index in [0.29, 0.717) is 36.9 Å². The number of benzene rings is 1. The van der Waals surface area contributed by atoms with E-state index in [2.05, 4.69) is 111 Å². The first kappa shape index (κ1) is 40.0. The lowest BCUT2D eigenvalue weighted by atomic mass is 9.78. The van der Waals surface area contributed by atoms with Crippen LogP contribution in [0.1, 0.15) is 85.6 Å². The maximum Gasteiger partial charge on any atom is 0.191 e. The van der Waals surface area contributed by atoms with Crippen molar-refractivity contribution in [2.75, 3.05) is 19.8 Å². The maximum atomic E-state index is 7.05. The lowest BCUT2D eigenvalue weighted by Crippen LogP contribution is -2.42. The van der Waals surface area contributed by atoms with E-state index < -0.39 is 8.32 Å². The molecule has 0 bridgehead atoms. The molecule has 6 heteroatoms. The van der Waals surface area contributed by atoms with Crippen molar-refractivity contribution in [1.29, 1.82) is 0 Å². The summed E-state index contributed by atoms with van der Waals surface area (Å²) in [4.78, 5) is 0. The van der Waals surface area contributed by atoms with Crippen LogP contribution in [0.3, 0.4) is 0 Å². The van der Waals surface area contributed by atoms with Crippen LogP contribution in [0.25, 0.3) is 0 Å². The van der Waals surface area contributed by atoms with Gasteiger partial charge in [0.1, 0.15) is 0 Å². The summed E-state index contributed by atoms with van der Waals surface area (Å²) in [5.74, 6) is 1.73. The maximum absolute atomic E-state index is 7.05. The van der Waals surface area contributed by atoms with Gasteiger partial charge in [0.2, 0.25) is 0 Å². The van der Waals surface area contributed by atoms with Gasteiger partial charge in [-0.2, -0.15) is 0 Å². The number of hydrogen-bond acceptors (Lipinski definition) is 5. The Bertz CT molecular complexity index is 1230. The summed E-state index contributed by atoms with van der Waals surface area (Å²) in [5, 5.41) is 0.214. The molecule has 3 aliphatic heterocycles. The van der Waals surface area contributed by atoms with E-state index in [1.54, 1.807) is 6.08 Å². The Hall–Kier alpha value is -1.80. The Labute approximate surface area is 300 Å². The molecular formula is C43H68O5Si. The van der Waals surface area contributed by atoms with Crippen LogP contribution in [0.2, 0.25) is 18.1 Å². The van der Waals surface area contributed by atoms with E-state index in [1.807, 2.05) is 6.08 Å². The molecule has 3 heterocycles. The van der Waals surface area contributed by atoms with Gasteiger partial charge in [0.15, 0.2) is 8.32 Å². The average Bonchev–Trinajstić information content (AvgIpc) is 3.54. The van der Waals surface area contributed by atoms with Crippen LogP contribution >= 0.6 is 0 Å². The second-order valence-corrected chi connectivity index (χ2v) is 21.7. The number of hydrogen-bond donors (Lipinski definition) is 0. The highest BCUT2D eigenvalue weighted by Crippen LogP contribution is 2.43. The monoisotopic (exact) mass is 692 g/mol. The Balaban J connectivity index is 1.37. The third-order valence-electron chi connectivity index (χ3n) is 11.8. The van der Waals surface area contributed by atoms with Crippen molar-refractivity contribution in [2.45, 2.75) is 141 Å². The van der Waals surface area contributed by atoms with Crippen LogP contribution in [0.5, 0.6) is 0 Å². The predicted molar refractivity (Wildman–Crippen MR) is 206 cm³/mol. The summed E-state index contributed by atoms with van der Waals surface area (Å²) in [6.45, 7) is 33.2. The van der Waals surface area contributed by atoms with Gasteiger partial charge < -0.3 is 23.4 Å². The molecule has 0 amide bonds. The van der Waals surface area contributed by atoms with Gasteiger partial charge in [-0.05, 0) is 90.6 Å². The highest BCUT2D eigenvalue weighted by Gasteiger charge is 2.45. The molecule has 3 saturated heterocycles. The van der Waals surface area contributed by atoms with Gasteiger partial charge in [0.05, 0.1) is 49.8 Å². The second kappa shape index (κ2) is 18.1. The van der Waals surface area contributed by atoms with E-state index >= 15 is 0 Å². The van der Waals surface area contributed by atoms with Crippen molar-refractivity contribution >= 4 is 8.32 Å². The lowest BCUT2D eigenvalue weighted by Gasteiger charge is -2.38. The van der Waals surface area contributed by atoms with E-state index in [-0.39, 0.29) is 41.7 Å². The fourth-order valence-electron chi connectivity index (χ4n) is 7.54. The molecule has 49 heavy (non-hydrogen) atoms. The molecule has 0 saturated carbocycles. The number of ether oxygens (including phenoxy) is 4. The fourth-order valence-corrected chi connectivity index (χ4v) is 8.67. The van der Waals surface area contributed by atoms with Crippen molar-refractivity contribution < 1.29 is 23.4 Å². The molecule has 0 radical (unpaired) electrons. The molecular weight excluding hydrogens is 625 g/mol. The molecule has 3 aliphatic rings. The summed E-state index contributed by atoms with van der Waals surface area (Å²) in [7, 11) is -1.79. The van der Waals surface area contributed by atoms with Crippen molar-refractivity contribution in [2.24, 2.45) is 23.7 Å². The quantitative estimate of drug-likeness (QED) is 0.0924. The van der Waals surface area contributed by atoms with Gasteiger partial charge in [0, 0.05) is 19.4 Å². The summed E-state index contributed by atoms with van der Waals surface area (Å²) in [6, 6.07) is 10.9. The van der Waals surface area contributed by atoms with Gasteiger partial charge in [-0.15, -0.1) is 6.58 Å². The molecule has 0 aromatic heterocycles. The third kappa shape index (κ3) is 11.3. The van der Waals surface area contributed by atoms with Gasteiger partial charge >= 0.3 is 0 Å². The first-order valence-corrected chi connectivity index (χ1v) is 21.9. The summed E-state index contributed by atoms with van der Waals surface area (Å²) >= 11 is 0. The van der Waals surface area contributed by atoms with E-state index in [1.165, 1.54) is 16.7 Å². The Kier molecular flexibility index (Phi) is 14.8. The Morgan fingerprint density at radius 2 is 1.71 bits per heavy atom. The smallest absolute Gasteiger partial charge is 0.191 e. The molecule has 0 spiro atoms. The molecule has 10 atom stereocenters. The van der Waals surface area contributed by atoms with E-state index in [4.69, 9.17) is 23.4 Å². The molecule has 1 aromatic carbocycles. The minimum absolute atomic E-state index is 0.00117. The SMILES string of the molecule is C=CCOC/C=C/[C@H]1CC(=C)C(CC[C@H]2C[C@@H](C)C(=C)C(C[C@@H]3O[C@H](C[C@H](C)CO[Si](C)(C)C(C)(C)C)[C@H](C)C3Cc3ccccc3)O2)O1. The normalized spacial score (nSPS) is 31.9. The molecule has 4 rings (SSSR count). The van der Waals surface area contributed by atoms with Crippen LogP contribution in [0.15, 0.2) is 79.4 Å². The molecule has 3 unspecified atom stereocenters. The summed E-state index contributed by atoms with van der Waals surface area (Å²) in [6.07, 6.45) is 13.2. The lowest BCUT2D eigenvalue weighted by molar-refractivity contribution is -0.0741. The molecule has 274 valence electrons. The Morgan fingerprint density at radius 1 is 0.980 bits per heavy atom. The summed E-state index contributed by atoms with van der Waals surface area (Å²) in [5.41, 5.74) is 3.78. The zero-order chi connectivity index (χ0) is 35.8. The van der Waals surface area contributed by atoms with Gasteiger partial charge in [-0.1, -0.05) is 103 Å². The van der Waals surface area contributed by atoms with Crippen molar-refractivity contribution in [3.05, 3.63) is 85.0 Å².